The van der Waals surface area contributed by atoms with Gasteiger partial charge < -0.3 is 15.0 Å². The number of hydrogen-bond donors (Lipinski definition) is 2. The number of amides is 1. The highest BCUT2D eigenvalue weighted by molar-refractivity contribution is 6.04. The van der Waals surface area contributed by atoms with E-state index < -0.39 is 0 Å². The Kier molecular flexibility index (Phi) is 6.64. The number of hydrogen-bond acceptors (Lipinski definition) is 3. The third-order valence-corrected chi connectivity index (χ3v) is 5.50. The molecular weight excluding hydrogens is 388 g/mol. The predicted octanol–water partition coefficient (Wildman–Crippen LogP) is 6.16. The van der Waals surface area contributed by atoms with E-state index in [-0.39, 0.29) is 11.9 Å². The molecule has 5 heteroatoms. The Labute approximate surface area is 183 Å². The summed E-state index contributed by atoms with van der Waals surface area (Å²) < 4.78 is 5.13. The number of aromatic nitrogens is 1. The molecule has 0 atom stereocenters. The molecule has 3 rings (SSSR count). The summed E-state index contributed by atoms with van der Waals surface area (Å²) in [5, 5.41) is 2.97. The van der Waals surface area contributed by atoms with Crippen LogP contribution in [0.1, 0.15) is 69.9 Å². The number of esters is 1. The summed E-state index contributed by atoms with van der Waals surface area (Å²) >= 11 is 0. The molecule has 0 bridgehead atoms. The lowest BCUT2D eigenvalue weighted by atomic mass is 9.97. The third kappa shape index (κ3) is 4.71. The van der Waals surface area contributed by atoms with Crippen LogP contribution < -0.4 is 5.32 Å². The smallest absolute Gasteiger partial charge is 0.355 e. The minimum absolute atomic E-state index is 0.155. The summed E-state index contributed by atoms with van der Waals surface area (Å²) in [4.78, 5) is 28.0. The second-order valence-electron chi connectivity index (χ2n) is 8.10. The summed E-state index contributed by atoms with van der Waals surface area (Å²) in [5.74, 6) is -0.0657. The van der Waals surface area contributed by atoms with Gasteiger partial charge in [0.05, 0.1) is 6.61 Å². The monoisotopic (exact) mass is 418 g/mol. The number of nitrogens with one attached hydrogen (secondary N) is 2. The van der Waals surface area contributed by atoms with Crippen molar-refractivity contribution in [3.05, 3.63) is 76.1 Å². The van der Waals surface area contributed by atoms with Crippen molar-refractivity contribution in [3.63, 3.8) is 0 Å². The van der Waals surface area contributed by atoms with E-state index >= 15 is 0 Å². The zero-order chi connectivity index (χ0) is 22.7. The van der Waals surface area contributed by atoms with Gasteiger partial charge in [0.2, 0.25) is 0 Å². The van der Waals surface area contributed by atoms with Crippen molar-refractivity contribution in [2.45, 2.75) is 47.5 Å². The van der Waals surface area contributed by atoms with E-state index in [1.54, 1.807) is 19.1 Å². The lowest BCUT2D eigenvalue weighted by molar-refractivity contribution is 0.0519. The Morgan fingerprint density at radius 3 is 2.29 bits per heavy atom. The molecule has 0 saturated carbocycles. The summed E-state index contributed by atoms with van der Waals surface area (Å²) in [6.07, 6.45) is 0. The van der Waals surface area contributed by atoms with Gasteiger partial charge in [-0.25, -0.2) is 4.79 Å². The molecule has 1 heterocycles. The van der Waals surface area contributed by atoms with Crippen LogP contribution in [0, 0.1) is 20.8 Å². The number of aromatic amines is 1. The van der Waals surface area contributed by atoms with Crippen molar-refractivity contribution < 1.29 is 14.3 Å². The first kappa shape index (κ1) is 22.3. The molecule has 162 valence electrons. The number of aryl methyl sites for hydroxylation is 2. The second-order valence-corrected chi connectivity index (χ2v) is 8.10. The number of anilines is 1. The molecule has 5 nitrogen and oxygen atoms in total. The summed E-state index contributed by atoms with van der Waals surface area (Å²) in [5.41, 5.74) is 7.90. The van der Waals surface area contributed by atoms with Gasteiger partial charge in [-0.3, -0.25) is 4.79 Å². The normalized spacial score (nSPS) is 10.9. The highest BCUT2D eigenvalue weighted by Crippen LogP contribution is 2.30. The van der Waals surface area contributed by atoms with Gasteiger partial charge in [0.1, 0.15) is 5.69 Å². The van der Waals surface area contributed by atoms with Gasteiger partial charge in [-0.1, -0.05) is 32.0 Å². The maximum Gasteiger partial charge on any atom is 0.355 e. The van der Waals surface area contributed by atoms with E-state index in [0.717, 1.165) is 28.1 Å². The Balaban J connectivity index is 1.80. The number of ether oxygens (including phenoxy) is 1. The Morgan fingerprint density at radius 1 is 1.03 bits per heavy atom. The van der Waals surface area contributed by atoms with Crippen LogP contribution in [0.4, 0.5) is 5.69 Å². The summed E-state index contributed by atoms with van der Waals surface area (Å²) in [6.45, 7) is 12.3. The lowest BCUT2D eigenvalue weighted by Crippen LogP contribution is -2.12. The largest absolute Gasteiger partial charge is 0.461 e. The standard InChI is InChI=1S/C26H30N2O3/c1-7-31-26(30)24-17(5)23(18(6)27-24)19-8-10-20(11-9-19)25(29)28-21-12-13-22(15(2)3)16(4)14-21/h8-15,27H,7H2,1-6H3,(H,28,29). The Morgan fingerprint density at radius 2 is 1.71 bits per heavy atom. The molecular formula is C26H30N2O3. The van der Waals surface area contributed by atoms with Crippen molar-refractivity contribution in [2.24, 2.45) is 0 Å². The van der Waals surface area contributed by atoms with Crippen LogP contribution in [0.25, 0.3) is 11.1 Å². The van der Waals surface area contributed by atoms with Gasteiger partial charge in [-0.15, -0.1) is 0 Å². The van der Waals surface area contributed by atoms with Gasteiger partial charge in [0.15, 0.2) is 0 Å². The third-order valence-electron chi connectivity index (χ3n) is 5.50. The van der Waals surface area contributed by atoms with Crippen LogP contribution in [0.2, 0.25) is 0 Å². The fraction of sp³-hybridized carbons (Fsp3) is 0.308. The lowest BCUT2D eigenvalue weighted by Gasteiger charge is -2.12. The summed E-state index contributed by atoms with van der Waals surface area (Å²) in [6, 6.07) is 13.4. The van der Waals surface area contributed by atoms with Gasteiger partial charge in [0.25, 0.3) is 5.91 Å². The first-order chi connectivity index (χ1) is 14.7. The SMILES string of the molecule is CCOC(=O)c1[nH]c(C)c(-c2ccc(C(=O)Nc3ccc(C(C)C)c(C)c3)cc2)c1C. The van der Waals surface area contributed by atoms with E-state index in [1.165, 1.54) is 11.1 Å². The van der Waals surface area contributed by atoms with Crippen LogP contribution in [-0.4, -0.2) is 23.5 Å². The first-order valence-corrected chi connectivity index (χ1v) is 10.6. The van der Waals surface area contributed by atoms with E-state index in [0.29, 0.717) is 23.8 Å². The number of carbonyl (C=O) groups is 2. The highest BCUT2D eigenvalue weighted by atomic mass is 16.5. The molecule has 0 aliphatic heterocycles. The minimum atomic E-state index is -0.357. The van der Waals surface area contributed by atoms with Crippen LogP contribution in [0.3, 0.4) is 0 Å². The Bertz CT molecular complexity index is 1110. The zero-order valence-corrected chi connectivity index (χ0v) is 19.1. The van der Waals surface area contributed by atoms with Crippen molar-refractivity contribution in [1.29, 1.82) is 0 Å². The fourth-order valence-corrected chi connectivity index (χ4v) is 3.98. The number of H-pyrrole nitrogens is 1. The van der Waals surface area contributed by atoms with E-state index in [1.807, 2.05) is 38.1 Å². The molecule has 0 aliphatic rings. The van der Waals surface area contributed by atoms with Crippen molar-refractivity contribution in [1.82, 2.24) is 4.98 Å². The van der Waals surface area contributed by atoms with E-state index in [4.69, 9.17) is 4.74 Å². The van der Waals surface area contributed by atoms with Crippen LogP contribution in [0.15, 0.2) is 42.5 Å². The van der Waals surface area contributed by atoms with Crippen molar-refractivity contribution >= 4 is 17.6 Å². The van der Waals surface area contributed by atoms with E-state index in [2.05, 4.69) is 37.1 Å². The molecule has 0 unspecified atom stereocenters. The van der Waals surface area contributed by atoms with Crippen LogP contribution in [-0.2, 0) is 4.74 Å². The highest BCUT2D eigenvalue weighted by Gasteiger charge is 2.19. The first-order valence-electron chi connectivity index (χ1n) is 10.6. The average Bonchev–Trinajstić information content (AvgIpc) is 3.02. The molecule has 0 saturated heterocycles. The molecule has 0 aliphatic carbocycles. The molecule has 0 fully saturated rings. The van der Waals surface area contributed by atoms with E-state index in [9.17, 15) is 9.59 Å². The van der Waals surface area contributed by atoms with Gasteiger partial charge >= 0.3 is 5.97 Å². The zero-order valence-electron chi connectivity index (χ0n) is 19.1. The molecule has 0 spiro atoms. The second kappa shape index (κ2) is 9.21. The van der Waals surface area contributed by atoms with Crippen molar-refractivity contribution in [2.75, 3.05) is 11.9 Å². The van der Waals surface area contributed by atoms with Gasteiger partial charge in [0, 0.05) is 22.5 Å². The average molecular weight is 419 g/mol. The number of rotatable bonds is 6. The van der Waals surface area contributed by atoms with Crippen LogP contribution in [0.5, 0.6) is 0 Å². The predicted molar refractivity (Wildman–Crippen MR) is 125 cm³/mol. The maximum atomic E-state index is 12.7. The number of carbonyl (C=O) groups excluding carboxylic acids is 2. The summed E-state index contributed by atoms with van der Waals surface area (Å²) in [7, 11) is 0. The molecule has 0 radical (unpaired) electrons. The molecule has 31 heavy (non-hydrogen) atoms. The van der Waals surface area contributed by atoms with Gasteiger partial charge in [-0.2, -0.15) is 0 Å². The molecule has 1 aromatic heterocycles. The molecule has 2 N–H and O–H groups in total. The fourth-order valence-electron chi connectivity index (χ4n) is 3.98. The Hall–Kier alpha value is -3.34. The molecule has 2 aromatic carbocycles. The topological polar surface area (TPSA) is 71.2 Å². The molecule has 3 aromatic rings. The number of benzene rings is 2. The quantitative estimate of drug-likeness (QED) is 0.471. The van der Waals surface area contributed by atoms with Crippen LogP contribution >= 0.6 is 0 Å². The molecule has 1 amide bonds. The minimum Gasteiger partial charge on any atom is -0.461 e. The maximum absolute atomic E-state index is 12.7. The van der Waals surface area contributed by atoms with Crippen molar-refractivity contribution in [3.8, 4) is 11.1 Å². The van der Waals surface area contributed by atoms with Gasteiger partial charge in [-0.05, 0) is 80.1 Å².